The normalized spacial score (nSPS) is 13.2. The Morgan fingerprint density at radius 3 is 2.58 bits per heavy atom. The minimum Gasteiger partial charge on any atom is -0.386 e. The van der Waals surface area contributed by atoms with Gasteiger partial charge in [-0.1, -0.05) is 12.0 Å². The van der Waals surface area contributed by atoms with Crippen LogP contribution in [0.5, 0.6) is 0 Å². The molecule has 1 aromatic carbocycles. The van der Waals surface area contributed by atoms with Crippen LogP contribution in [0.25, 0.3) is 0 Å². The summed E-state index contributed by atoms with van der Waals surface area (Å²) in [5.41, 5.74) is -0.479. The first kappa shape index (κ1) is 14.9. The quantitative estimate of drug-likeness (QED) is 0.721. The fraction of sp³-hybridized carbons (Fsp3) is 0.308. The van der Waals surface area contributed by atoms with E-state index in [0.29, 0.717) is 0 Å². The van der Waals surface area contributed by atoms with Crippen LogP contribution in [0.15, 0.2) is 18.2 Å². The van der Waals surface area contributed by atoms with Crippen molar-refractivity contribution < 1.29 is 18.7 Å². The Bertz CT molecular complexity index is 480. The molecule has 0 aliphatic rings. The van der Waals surface area contributed by atoms with Crippen molar-refractivity contribution in [3.05, 3.63) is 35.4 Å². The summed E-state index contributed by atoms with van der Waals surface area (Å²) >= 11 is 0. The van der Waals surface area contributed by atoms with E-state index in [1.807, 2.05) is 0 Å². The maximum absolute atomic E-state index is 13.4. The first-order valence-electron chi connectivity index (χ1n) is 5.57. The van der Waals surface area contributed by atoms with Gasteiger partial charge < -0.3 is 15.7 Å². The molecule has 3 N–H and O–H groups in total. The molecule has 0 heterocycles. The highest BCUT2D eigenvalue weighted by atomic mass is 19.1. The van der Waals surface area contributed by atoms with Crippen LogP contribution in [0.1, 0.15) is 18.6 Å². The summed E-state index contributed by atoms with van der Waals surface area (Å²) in [5, 5.41) is 14.5. The second-order valence-electron chi connectivity index (χ2n) is 3.90. The number of urea groups is 1. The van der Waals surface area contributed by atoms with Gasteiger partial charge >= 0.3 is 6.03 Å². The molecule has 2 amide bonds. The molecule has 0 fully saturated rings. The molecule has 0 aliphatic heterocycles. The van der Waals surface area contributed by atoms with Gasteiger partial charge in [-0.05, 0) is 19.1 Å². The van der Waals surface area contributed by atoms with E-state index >= 15 is 0 Å². The van der Waals surface area contributed by atoms with Gasteiger partial charge in [0.15, 0.2) is 0 Å². The summed E-state index contributed by atoms with van der Waals surface area (Å²) in [6.07, 6.45) is 3.46. The SMILES string of the molecule is C#CCNC(=O)N[C@H](C)[C@H](O)c1c(F)cccc1F. The number of nitrogens with one attached hydrogen (secondary N) is 2. The number of carbonyl (C=O) groups is 1. The molecular formula is C13H14F2N2O2. The van der Waals surface area contributed by atoms with Crippen LogP contribution < -0.4 is 10.6 Å². The van der Waals surface area contributed by atoms with E-state index in [0.717, 1.165) is 12.1 Å². The first-order valence-corrected chi connectivity index (χ1v) is 5.57. The summed E-state index contributed by atoms with van der Waals surface area (Å²) < 4.78 is 26.9. The molecule has 1 rings (SSSR count). The van der Waals surface area contributed by atoms with Crippen LogP contribution in [0.2, 0.25) is 0 Å². The van der Waals surface area contributed by atoms with Crippen molar-refractivity contribution in [1.82, 2.24) is 10.6 Å². The molecular weight excluding hydrogens is 254 g/mol. The third-order valence-electron chi connectivity index (χ3n) is 2.48. The molecule has 0 spiro atoms. The van der Waals surface area contributed by atoms with E-state index < -0.39 is 35.4 Å². The van der Waals surface area contributed by atoms with E-state index in [1.165, 1.54) is 13.0 Å². The van der Waals surface area contributed by atoms with Gasteiger partial charge in [0, 0.05) is 0 Å². The molecule has 0 unspecified atom stereocenters. The highest BCUT2D eigenvalue weighted by Gasteiger charge is 2.24. The molecule has 0 saturated carbocycles. The number of benzene rings is 1. The molecule has 0 aliphatic carbocycles. The Hall–Kier alpha value is -2.13. The summed E-state index contributed by atoms with van der Waals surface area (Å²) in [4.78, 5) is 11.3. The Morgan fingerprint density at radius 2 is 2.05 bits per heavy atom. The van der Waals surface area contributed by atoms with Crippen molar-refractivity contribution in [2.45, 2.75) is 19.1 Å². The number of aliphatic hydroxyl groups excluding tert-OH is 1. The third kappa shape index (κ3) is 3.93. The van der Waals surface area contributed by atoms with Crippen LogP contribution in [-0.4, -0.2) is 23.7 Å². The van der Waals surface area contributed by atoms with Crippen LogP contribution in [-0.2, 0) is 0 Å². The van der Waals surface area contributed by atoms with Crippen molar-refractivity contribution in [3.8, 4) is 12.3 Å². The zero-order valence-electron chi connectivity index (χ0n) is 10.3. The van der Waals surface area contributed by atoms with Gasteiger partial charge in [-0.15, -0.1) is 6.42 Å². The number of aliphatic hydroxyl groups is 1. The minimum atomic E-state index is -1.50. The average molecular weight is 268 g/mol. The number of rotatable bonds is 4. The lowest BCUT2D eigenvalue weighted by molar-refractivity contribution is 0.129. The molecule has 0 aromatic heterocycles. The maximum atomic E-state index is 13.4. The van der Waals surface area contributed by atoms with Gasteiger partial charge in [0.1, 0.15) is 17.7 Å². The van der Waals surface area contributed by atoms with E-state index in [-0.39, 0.29) is 6.54 Å². The van der Waals surface area contributed by atoms with Gasteiger partial charge in [-0.2, -0.15) is 0 Å². The topological polar surface area (TPSA) is 61.4 Å². The number of hydrogen-bond donors (Lipinski definition) is 3. The van der Waals surface area contributed by atoms with Crippen LogP contribution >= 0.6 is 0 Å². The Kier molecular flexibility index (Phi) is 5.27. The Morgan fingerprint density at radius 1 is 1.47 bits per heavy atom. The van der Waals surface area contributed by atoms with Crippen molar-refractivity contribution >= 4 is 6.03 Å². The lowest BCUT2D eigenvalue weighted by atomic mass is 10.0. The smallest absolute Gasteiger partial charge is 0.315 e. The van der Waals surface area contributed by atoms with Gasteiger partial charge in [-0.3, -0.25) is 0 Å². The molecule has 19 heavy (non-hydrogen) atoms. The number of amides is 2. The second-order valence-corrected chi connectivity index (χ2v) is 3.90. The van der Waals surface area contributed by atoms with Crippen molar-refractivity contribution in [3.63, 3.8) is 0 Å². The number of carbonyl (C=O) groups excluding carboxylic acids is 1. The monoisotopic (exact) mass is 268 g/mol. The van der Waals surface area contributed by atoms with Crippen molar-refractivity contribution in [2.75, 3.05) is 6.54 Å². The van der Waals surface area contributed by atoms with Gasteiger partial charge in [0.05, 0.1) is 18.2 Å². The summed E-state index contributed by atoms with van der Waals surface area (Å²) in [7, 11) is 0. The molecule has 6 heteroatoms. The van der Waals surface area contributed by atoms with E-state index in [4.69, 9.17) is 6.42 Å². The van der Waals surface area contributed by atoms with Crippen molar-refractivity contribution in [2.24, 2.45) is 0 Å². The lowest BCUT2D eigenvalue weighted by Crippen LogP contribution is -2.43. The number of hydrogen-bond acceptors (Lipinski definition) is 2. The molecule has 102 valence electrons. The largest absolute Gasteiger partial charge is 0.386 e. The van der Waals surface area contributed by atoms with Gasteiger partial charge in [0.2, 0.25) is 0 Å². The lowest BCUT2D eigenvalue weighted by Gasteiger charge is -2.21. The molecule has 4 nitrogen and oxygen atoms in total. The molecule has 0 saturated heterocycles. The van der Waals surface area contributed by atoms with Gasteiger partial charge in [0.25, 0.3) is 0 Å². The second kappa shape index (κ2) is 6.71. The average Bonchev–Trinajstić information content (AvgIpc) is 2.35. The summed E-state index contributed by atoms with van der Waals surface area (Å²) in [6.45, 7) is 1.44. The zero-order valence-corrected chi connectivity index (χ0v) is 10.3. The fourth-order valence-electron chi connectivity index (χ4n) is 1.51. The standard InChI is InChI=1S/C13H14F2N2O2/c1-3-7-16-13(19)17-8(2)12(18)11-9(14)5-4-6-10(11)15/h1,4-6,8,12,18H,7H2,2H3,(H2,16,17,19)/t8-,12+/m1/s1. The highest BCUT2D eigenvalue weighted by molar-refractivity contribution is 5.74. The third-order valence-corrected chi connectivity index (χ3v) is 2.48. The zero-order chi connectivity index (χ0) is 14.4. The van der Waals surface area contributed by atoms with E-state index in [1.54, 1.807) is 0 Å². The highest BCUT2D eigenvalue weighted by Crippen LogP contribution is 2.23. The molecule has 0 radical (unpaired) electrons. The van der Waals surface area contributed by atoms with Crippen molar-refractivity contribution in [1.29, 1.82) is 0 Å². The predicted molar refractivity (Wildman–Crippen MR) is 66.1 cm³/mol. The summed E-state index contributed by atoms with van der Waals surface area (Å²) in [5.74, 6) is 0.456. The molecule has 2 atom stereocenters. The maximum Gasteiger partial charge on any atom is 0.315 e. The predicted octanol–water partition coefficient (Wildman–Crippen LogP) is 1.32. The van der Waals surface area contributed by atoms with Crippen LogP contribution in [0.4, 0.5) is 13.6 Å². The summed E-state index contributed by atoms with van der Waals surface area (Å²) in [6, 6.07) is 1.75. The fourth-order valence-corrected chi connectivity index (χ4v) is 1.51. The van der Waals surface area contributed by atoms with E-state index in [2.05, 4.69) is 16.6 Å². The number of terminal acetylenes is 1. The Labute approximate surface area is 109 Å². The molecule has 0 bridgehead atoms. The first-order chi connectivity index (χ1) is 8.97. The van der Waals surface area contributed by atoms with Crippen LogP contribution in [0, 0.1) is 24.0 Å². The minimum absolute atomic E-state index is 0.0166. The Balaban J connectivity index is 2.75. The van der Waals surface area contributed by atoms with E-state index in [9.17, 15) is 18.7 Å². The number of halogens is 2. The molecule has 1 aromatic rings. The van der Waals surface area contributed by atoms with Crippen LogP contribution in [0.3, 0.4) is 0 Å². The van der Waals surface area contributed by atoms with Gasteiger partial charge in [-0.25, -0.2) is 13.6 Å².